The van der Waals surface area contributed by atoms with Crippen LogP contribution in [0.3, 0.4) is 0 Å². The predicted octanol–water partition coefficient (Wildman–Crippen LogP) is 2.84. The molecule has 1 aromatic carbocycles. The Morgan fingerprint density at radius 2 is 2.32 bits per heavy atom. The Bertz CT molecular complexity index is 431. The van der Waals surface area contributed by atoms with Crippen molar-refractivity contribution in [3.05, 3.63) is 28.2 Å². The van der Waals surface area contributed by atoms with Gasteiger partial charge < -0.3 is 10.1 Å². The monoisotopic (exact) mass is 334 g/mol. The molecule has 0 amide bonds. The van der Waals surface area contributed by atoms with Crippen LogP contribution in [0.15, 0.2) is 22.7 Å². The highest BCUT2D eigenvalue weighted by atomic mass is 79.9. The van der Waals surface area contributed by atoms with Crippen molar-refractivity contribution in [2.45, 2.75) is 26.1 Å². The summed E-state index contributed by atoms with van der Waals surface area (Å²) in [6, 6.07) is 5.55. The molecule has 1 heterocycles. The zero-order valence-electron chi connectivity index (χ0n) is 10.7. The van der Waals surface area contributed by atoms with Crippen LogP contribution < -0.4 is 10.1 Å². The lowest BCUT2D eigenvalue weighted by molar-refractivity contribution is -0.0508. The second-order valence-electron chi connectivity index (χ2n) is 4.72. The lowest BCUT2D eigenvalue weighted by Gasteiger charge is -2.32. The molecule has 2 rings (SSSR count). The maximum absolute atomic E-state index is 12.4. The highest BCUT2D eigenvalue weighted by molar-refractivity contribution is 9.10. The second kappa shape index (κ2) is 6.63. The third-order valence-corrected chi connectivity index (χ3v) is 3.58. The fourth-order valence-electron chi connectivity index (χ4n) is 2.28. The molecule has 1 saturated heterocycles. The van der Waals surface area contributed by atoms with Gasteiger partial charge in [0, 0.05) is 42.3 Å². The van der Waals surface area contributed by atoms with Crippen molar-refractivity contribution in [2.75, 3.05) is 19.6 Å². The molecule has 0 aromatic heterocycles. The van der Waals surface area contributed by atoms with Gasteiger partial charge in [0.15, 0.2) is 0 Å². The first-order chi connectivity index (χ1) is 9.04. The van der Waals surface area contributed by atoms with Gasteiger partial charge in [-0.05, 0) is 25.1 Å². The van der Waals surface area contributed by atoms with E-state index >= 15 is 0 Å². The van der Waals surface area contributed by atoms with Gasteiger partial charge >= 0.3 is 6.61 Å². The van der Waals surface area contributed by atoms with Crippen LogP contribution >= 0.6 is 15.9 Å². The molecule has 1 aliphatic heterocycles. The largest absolute Gasteiger partial charge is 0.434 e. The average molecular weight is 335 g/mol. The van der Waals surface area contributed by atoms with Gasteiger partial charge in [-0.25, -0.2) is 0 Å². The molecule has 106 valence electrons. The van der Waals surface area contributed by atoms with Gasteiger partial charge in [-0.15, -0.1) is 0 Å². The Morgan fingerprint density at radius 1 is 1.53 bits per heavy atom. The number of rotatable bonds is 4. The Balaban J connectivity index is 2.10. The van der Waals surface area contributed by atoms with Crippen molar-refractivity contribution in [1.29, 1.82) is 0 Å². The minimum absolute atomic E-state index is 0.254. The van der Waals surface area contributed by atoms with Crippen molar-refractivity contribution < 1.29 is 13.5 Å². The first kappa shape index (κ1) is 14.7. The summed E-state index contributed by atoms with van der Waals surface area (Å²) in [6.45, 7) is 2.67. The molecule has 0 bridgehead atoms. The topological polar surface area (TPSA) is 24.5 Å². The molecule has 1 aliphatic rings. The third-order valence-electron chi connectivity index (χ3n) is 3.09. The van der Waals surface area contributed by atoms with Crippen LogP contribution in [0, 0.1) is 0 Å². The Kier molecular flexibility index (Phi) is 5.13. The smallest absolute Gasteiger partial charge is 0.387 e. The van der Waals surface area contributed by atoms with Gasteiger partial charge in [-0.3, -0.25) is 4.90 Å². The van der Waals surface area contributed by atoms with Crippen LogP contribution in [-0.2, 0) is 6.54 Å². The number of hydrogen-bond acceptors (Lipinski definition) is 3. The van der Waals surface area contributed by atoms with Crippen molar-refractivity contribution in [3.63, 3.8) is 0 Å². The zero-order chi connectivity index (χ0) is 13.8. The van der Waals surface area contributed by atoms with Crippen LogP contribution in [-0.4, -0.2) is 37.2 Å². The summed E-state index contributed by atoms with van der Waals surface area (Å²) in [6.07, 6.45) is 0. The van der Waals surface area contributed by atoms with Gasteiger partial charge in [0.2, 0.25) is 0 Å². The van der Waals surface area contributed by atoms with Crippen LogP contribution in [0.2, 0.25) is 0 Å². The fraction of sp³-hybridized carbons (Fsp3) is 0.538. The molecule has 1 N–H and O–H groups in total. The number of halogens is 3. The van der Waals surface area contributed by atoms with Crippen molar-refractivity contribution in [3.8, 4) is 5.75 Å². The van der Waals surface area contributed by atoms with E-state index in [1.54, 1.807) is 12.1 Å². The molecule has 1 atom stereocenters. The Hall–Kier alpha value is -0.720. The summed E-state index contributed by atoms with van der Waals surface area (Å²) >= 11 is 3.37. The van der Waals surface area contributed by atoms with E-state index in [1.165, 1.54) is 0 Å². The minimum Gasteiger partial charge on any atom is -0.434 e. The lowest BCUT2D eigenvalue weighted by atomic mass is 10.1. The molecular weight excluding hydrogens is 318 g/mol. The Morgan fingerprint density at radius 3 is 3.00 bits per heavy atom. The number of ether oxygens (including phenoxy) is 1. The quantitative estimate of drug-likeness (QED) is 0.916. The van der Waals surface area contributed by atoms with Crippen LogP contribution in [0.1, 0.15) is 12.5 Å². The van der Waals surface area contributed by atoms with E-state index in [0.717, 1.165) is 29.7 Å². The zero-order valence-corrected chi connectivity index (χ0v) is 12.3. The molecule has 0 radical (unpaired) electrons. The third kappa shape index (κ3) is 4.40. The van der Waals surface area contributed by atoms with Crippen molar-refractivity contribution in [2.24, 2.45) is 0 Å². The average Bonchev–Trinajstić information content (AvgIpc) is 2.32. The first-order valence-corrected chi connectivity index (χ1v) is 7.03. The SMILES string of the molecule is C[C@H]1CN(Cc2cc(Br)ccc2OC(F)F)CCN1. The number of nitrogens with one attached hydrogen (secondary N) is 1. The number of nitrogens with zero attached hydrogens (tertiary/aromatic N) is 1. The van der Waals surface area contributed by atoms with Crippen LogP contribution in [0.4, 0.5) is 8.78 Å². The van der Waals surface area contributed by atoms with Crippen LogP contribution in [0.5, 0.6) is 5.75 Å². The maximum atomic E-state index is 12.4. The van der Waals surface area contributed by atoms with Gasteiger partial charge in [-0.1, -0.05) is 15.9 Å². The predicted molar refractivity (Wildman–Crippen MR) is 73.5 cm³/mol. The Labute approximate surface area is 120 Å². The highest BCUT2D eigenvalue weighted by Gasteiger charge is 2.18. The minimum atomic E-state index is -2.79. The molecule has 1 aromatic rings. The number of benzene rings is 1. The molecule has 0 aliphatic carbocycles. The molecule has 0 unspecified atom stereocenters. The molecule has 19 heavy (non-hydrogen) atoms. The summed E-state index contributed by atoms with van der Waals surface area (Å²) in [5, 5.41) is 3.35. The molecule has 1 fully saturated rings. The standard InChI is InChI=1S/C13H17BrF2N2O/c1-9-7-18(5-4-17-9)8-10-6-11(14)2-3-12(10)19-13(15)16/h2-3,6,9,13,17H,4-5,7-8H2,1H3/t9-/m0/s1. The van der Waals surface area contributed by atoms with Gasteiger partial charge in [0.05, 0.1) is 0 Å². The van der Waals surface area contributed by atoms with Crippen LogP contribution in [0.25, 0.3) is 0 Å². The van der Waals surface area contributed by atoms with E-state index in [2.05, 4.69) is 37.8 Å². The summed E-state index contributed by atoms with van der Waals surface area (Å²) in [5.74, 6) is 0.254. The maximum Gasteiger partial charge on any atom is 0.387 e. The number of piperazine rings is 1. The van der Waals surface area contributed by atoms with E-state index in [0.29, 0.717) is 12.6 Å². The summed E-state index contributed by atoms with van der Waals surface area (Å²) in [5.41, 5.74) is 0.781. The van der Waals surface area contributed by atoms with E-state index in [-0.39, 0.29) is 5.75 Å². The summed E-state index contributed by atoms with van der Waals surface area (Å²) in [4.78, 5) is 2.24. The molecular formula is C13H17BrF2N2O. The molecule has 6 heteroatoms. The molecule has 3 nitrogen and oxygen atoms in total. The lowest BCUT2D eigenvalue weighted by Crippen LogP contribution is -2.48. The first-order valence-electron chi connectivity index (χ1n) is 6.23. The summed E-state index contributed by atoms with van der Waals surface area (Å²) in [7, 11) is 0. The fourth-order valence-corrected chi connectivity index (χ4v) is 2.69. The van der Waals surface area contributed by atoms with E-state index < -0.39 is 6.61 Å². The van der Waals surface area contributed by atoms with Crippen molar-refractivity contribution >= 4 is 15.9 Å². The van der Waals surface area contributed by atoms with Gasteiger partial charge in [0.1, 0.15) is 5.75 Å². The van der Waals surface area contributed by atoms with Crippen molar-refractivity contribution in [1.82, 2.24) is 10.2 Å². The number of hydrogen-bond donors (Lipinski definition) is 1. The van der Waals surface area contributed by atoms with E-state index in [1.807, 2.05) is 6.07 Å². The normalized spacial score (nSPS) is 20.8. The second-order valence-corrected chi connectivity index (χ2v) is 5.64. The van der Waals surface area contributed by atoms with Gasteiger partial charge in [0.25, 0.3) is 0 Å². The summed E-state index contributed by atoms with van der Waals surface area (Å²) < 4.78 is 30.2. The highest BCUT2D eigenvalue weighted by Crippen LogP contribution is 2.26. The van der Waals surface area contributed by atoms with E-state index in [4.69, 9.17) is 0 Å². The van der Waals surface area contributed by atoms with Gasteiger partial charge in [-0.2, -0.15) is 8.78 Å². The number of alkyl halides is 2. The van der Waals surface area contributed by atoms with E-state index in [9.17, 15) is 8.78 Å². The molecule has 0 saturated carbocycles. The molecule has 0 spiro atoms.